The molecule has 1 atom stereocenters. The van der Waals surface area contributed by atoms with Crippen molar-refractivity contribution in [2.45, 2.75) is 57.9 Å². The molecule has 1 aliphatic rings. The molecule has 2 heterocycles. The number of hydrogen-bond acceptors (Lipinski definition) is 5. The van der Waals surface area contributed by atoms with Gasteiger partial charge in [0.1, 0.15) is 5.82 Å². The third-order valence-electron chi connectivity index (χ3n) is 5.15. The number of aromatic amines is 1. The molecule has 2 aromatic rings. The normalized spacial score (nSPS) is 15.9. The molecular weight excluding hydrogens is 425 g/mol. The summed E-state index contributed by atoms with van der Waals surface area (Å²) in [5, 5.41) is 8.86. The van der Waals surface area contributed by atoms with Crippen LogP contribution in [0.3, 0.4) is 0 Å². The first-order valence-electron chi connectivity index (χ1n) is 10.2. The third kappa shape index (κ3) is 5.28. The Hall–Kier alpha value is -3.35. The lowest BCUT2D eigenvalue weighted by atomic mass is 9.91. The highest BCUT2D eigenvalue weighted by atomic mass is 19.4. The van der Waals surface area contributed by atoms with Gasteiger partial charge in [-0.15, -0.1) is 0 Å². The van der Waals surface area contributed by atoms with E-state index in [2.05, 4.69) is 16.0 Å². The highest BCUT2D eigenvalue weighted by Gasteiger charge is 2.33. The van der Waals surface area contributed by atoms with Crippen LogP contribution in [0.15, 0.2) is 29.1 Å². The Morgan fingerprint density at radius 1 is 1.34 bits per heavy atom. The SMILES string of the molecule is CC(C)OC(=O)N1Cc2c(nc(-c3ccc(C(F)(F)F)cc3)[nH]c2=O)C(CCCC#N)C1. The first kappa shape index (κ1) is 23.3. The molecule has 0 radical (unpaired) electrons. The lowest BCUT2D eigenvalue weighted by Crippen LogP contribution is -2.42. The van der Waals surface area contributed by atoms with Crippen LogP contribution in [0.1, 0.15) is 55.8 Å². The number of carbonyl (C=O) groups excluding carboxylic acids is 1. The first-order chi connectivity index (χ1) is 15.1. The topological polar surface area (TPSA) is 99.1 Å². The number of carbonyl (C=O) groups is 1. The van der Waals surface area contributed by atoms with Gasteiger partial charge in [0.2, 0.25) is 0 Å². The number of aromatic nitrogens is 2. The van der Waals surface area contributed by atoms with Gasteiger partial charge in [-0.2, -0.15) is 18.4 Å². The van der Waals surface area contributed by atoms with Crippen LogP contribution in [-0.2, 0) is 17.5 Å². The van der Waals surface area contributed by atoms with Gasteiger partial charge >= 0.3 is 12.3 Å². The summed E-state index contributed by atoms with van der Waals surface area (Å²) in [6.45, 7) is 3.74. The van der Waals surface area contributed by atoms with E-state index in [0.29, 0.717) is 36.1 Å². The van der Waals surface area contributed by atoms with Gasteiger partial charge in [-0.3, -0.25) is 4.79 Å². The molecule has 0 aliphatic carbocycles. The van der Waals surface area contributed by atoms with Crippen molar-refractivity contribution >= 4 is 6.09 Å². The predicted octanol–water partition coefficient (Wildman–Crippen LogP) is 4.59. The molecule has 1 amide bonds. The summed E-state index contributed by atoms with van der Waals surface area (Å²) in [4.78, 5) is 33.9. The molecule has 1 N–H and O–H groups in total. The van der Waals surface area contributed by atoms with Crippen molar-refractivity contribution in [1.29, 1.82) is 5.26 Å². The maximum absolute atomic E-state index is 12.9. The Morgan fingerprint density at radius 2 is 2.03 bits per heavy atom. The maximum atomic E-state index is 12.9. The molecule has 1 aromatic carbocycles. The van der Waals surface area contributed by atoms with Gasteiger partial charge in [0.25, 0.3) is 5.56 Å². The Labute approximate surface area is 182 Å². The number of ether oxygens (including phenoxy) is 1. The standard InChI is InChI=1S/C22H23F3N4O3/c1-13(2)32-21(31)29-11-15(5-3-4-10-26)18-17(12-29)20(30)28-19(27-18)14-6-8-16(9-7-14)22(23,24)25/h6-9,13,15H,3-5,11-12H2,1-2H3,(H,27,28,30). The number of halogens is 3. The van der Waals surface area contributed by atoms with Crippen molar-refractivity contribution in [3.05, 3.63) is 51.4 Å². The zero-order valence-electron chi connectivity index (χ0n) is 17.7. The van der Waals surface area contributed by atoms with E-state index in [-0.39, 0.29) is 30.9 Å². The monoisotopic (exact) mass is 448 g/mol. The van der Waals surface area contributed by atoms with E-state index >= 15 is 0 Å². The predicted molar refractivity (Wildman–Crippen MR) is 110 cm³/mol. The van der Waals surface area contributed by atoms with E-state index in [1.807, 2.05) is 0 Å². The zero-order valence-corrected chi connectivity index (χ0v) is 17.7. The van der Waals surface area contributed by atoms with Crippen molar-refractivity contribution in [3.8, 4) is 17.5 Å². The third-order valence-corrected chi connectivity index (χ3v) is 5.15. The summed E-state index contributed by atoms with van der Waals surface area (Å²) in [6, 6.07) is 6.45. The molecule has 0 bridgehead atoms. The minimum Gasteiger partial charge on any atom is -0.447 e. The lowest BCUT2D eigenvalue weighted by molar-refractivity contribution is -0.137. The van der Waals surface area contributed by atoms with Gasteiger partial charge in [-0.25, -0.2) is 9.78 Å². The van der Waals surface area contributed by atoms with E-state index in [1.165, 1.54) is 17.0 Å². The molecular formula is C22H23F3N4O3. The average molecular weight is 448 g/mol. The quantitative estimate of drug-likeness (QED) is 0.675. The summed E-state index contributed by atoms with van der Waals surface area (Å²) in [5.41, 5.74) is -0.104. The lowest BCUT2D eigenvalue weighted by Gasteiger charge is -2.33. The Bertz CT molecular complexity index is 1070. The first-order valence-corrected chi connectivity index (χ1v) is 10.2. The number of fused-ring (bicyclic) bond motifs is 1. The molecule has 0 spiro atoms. The van der Waals surface area contributed by atoms with Crippen LogP contribution in [0.5, 0.6) is 0 Å². The number of nitrogens with one attached hydrogen (secondary N) is 1. The maximum Gasteiger partial charge on any atom is 0.416 e. The minimum atomic E-state index is -4.46. The van der Waals surface area contributed by atoms with Crippen molar-refractivity contribution in [3.63, 3.8) is 0 Å². The van der Waals surface area contributed by atoms with Gasteiger partial charge in [-0.05, 0) is 38.8 Å². The summed E-state index contributed by atoms with van der Waals surface area (Å²) in [5.74, 6) is -0.145. The van der Waals surface area contributed by atoms with Gasteiger partial charge in [0, 0.05) is 24.4 Å². The summed E-state index contributed by atoms with van der Waals surface area (Å²) < 4.78 is 43.8. The Kier molecular flexibility index (Phi) is 6.87. The number of nitriles is 1. The number of amides is 1. The molecule has 1 aliphatic heterocycles. The van der Waals surface area contributed by atoms with Crippen LogP contribution in [0.2, 0.25) is 0 Å². The highest BCUT2D eigenvalue weighted by Crippen LogP contribution is 2.32. The number of hydrogen-bond donors (Lipinski definition) is 1. The molecule has 7 nitrogen and oxygen atoms in total. The van der Waals surface area contributed by atoms with Crippen LogP contribution in [-0.4, -0.2) is 33.6 Å². The Balaban J connectivity index is 1.97. The number of rotatable bonds is 5. The molecule has 32 heavy (non-hydrogen) atoms. The minimum absolute atomic E-state index is 0.0191. The fourth-order valence-electron chi connectivity index (χ4n) is 3.64. The van der Waals surface area contributed by atoms with Gasteiger partial charge in [0.05, 0.1) is 35.5 Å². The molecule has 3 rings (SSSR count). The summed E-state index contributed by atoms with van der Waals surface area (Å²) >= 11 is 0. The summed E-state index contributed by atoms with van der Waals surface area (Å²) in [6.07, 6.45) is -3.93. The number of benzene rings is 1. The van der Waals surface area contributed by atoms with Crippen molar-refractivity contribution in [2.75, 3.05) is 6.54 Å². The second kappa shape index (κ2) is 9.42. The van der Waals surface area contributed by atoms with Crippen LogP contribution in [0, 0.1) is 11.3 Å². The van der Waals surface area contributed by atoms with Crippen molar-refractivity contribution < 1.29 is 22.7 Å². The van der Waals surface area contributed by atoms with Crippen LogP contribution in [0.4, 0.5) is 18.0 Å². The van der Waals surface area contributed by atoms with E-state index in [1.54, 1.807) is 13.8 Å². The average Bonchev–Trinajstić information content (AvgIpc) is 2.73. The van der Waals surface area contributed by atoms with Crippen LogP contribution >= 0.6 is 0 Å². The molecule has 0 saturated heterocycles. The van der Waals surface area contributed by atoms with E-state index in [9.17, 15) is 22.8 Å². The highest BCUT2D eigenvalue weighted by molar-refractivity contribution is 5.68. The zero-order chi connectivity index (χ0) is 23.5. The van der Waals surface area contributed by atoms with Crippen LogP contribution in [0.25, 0.3) is 11.4 Å². The second-order valence-electron chi connectivity index (χ2n) is 7.91. The van der Waals surface area contributed by atoms with E-state index < -0.39 is 23.4 Å². The molecule has 0 fully saturated rings. The molecule has 10 heteroatoms. The van der Waals surface area contributed by atoms with Gasteiger partial charge < -0.3 is 14.6 Å². The fourth-order valence-corrected chi connectivity index (χ4v) is 3.64. The van der Waals surface area contributed by atoms with E-state index in [4.69, 9.17) is 10.00 Å². The molecule has 1 unspecified atom stereocenters. The Morgan fingerprint density at radius 3 is 2.62 bits per heavy atom. The summed E-state index contributed by atoms with van der Waals surface area (Å²) in [7, 11) is 0. The molecule has 170 valence electrons. The van der Waals surface area contributed by atoms with Crippen LogP contribution < -0.4 is 5.56 Å². The van der Waals surface area contributed by atoms with E-state index in [0.717, 1.165) is 12.1 Å². The van der Waals surface area contributed by atoms with Gasteiger partial charge in [0.15, 0.2) is 0 Å². The number of alkyl halides is 3. The number of nitrogens with zero attached hydrogens (tertiary/aromatic N) is 3. The fraction of sp³-hybridized carbons (Fsp3) is 0.455. The van der Waals surface area contributed by atoms with Crippen molar-refractivity contribution in [2.24, 2.45) is 0 Å². The van der Waals surface area contributed by atoms with Gasteiger partial charge in [-0.1, -0.05) is 12.1 Å². The largest absolute Gasteiger partial charge is 0.447 e. The number of unbranched alkanes of at least 4 members (excludes halogenated alkanes) is 1. The molecule has 1 aromatic heterocycles. The smallest absolute Gasteiger partial charge is 0.416 e. The molecule has 0 saturated carbocycles. The second-order valence-corrected chi connectivity index (χ2v) is 7.91. The number of H-pyrrole nitrogens is 1. The van der Waals surface area contributed by atoms with Crippen molar-refractivity contribution in [1.82, 2.24) is 14.9 Å².